The Bertz CT molecular complexity index is 353. The quantitative estimate of drug-likeness (QED) is 0.678. The van der Waals surface area contributed by atoms with Crippen molar-refractivity contribution in [3.8, 4) is 5.75 Å². The maximum Gasteiger partial charge on any atom is 0.282 e. The van der Waals surface area contributed by atoms with Crippen LogP contribution in [0.15, 0.2) is 43.6 Å². The third-order valence-electron chi connectivity index (χ3n) is 1.78. The molecule has 0 radical (unpaired) electrons. The van der Waals surface area contributed by atoms with Crippen molar-refractivity contribution in [2.75, 3.05) is 0 Å². The molecule has 1 aromatic carbocycles. The Kier molecular flexibility index (Phi) is 3.35. The normalized spacial score (nSPS) is 9.29. The first-order valence-corrected chi connectivity index (χ1v) is 4.35. The van der Waals surface area contributed by atoms with Crippen LogP contribution in [-0.2, 0) is 4.74 Å². The maximum atomic E-state index is 5.38. The van der Waals surface area contributed by atoms with Crippen LogP contribution >= 0.6 is 0 Å². The average molecular weight is 190 g/mol. The molecule has 0 N–H and O–H groups in total. The van der Waals surface area contributed by atoms with E-state index in [2.05, 4.69) is 13.2 Å². The number of aryl methyl sites for hydroxylation is 2. The molecule has 0 heterocycles. The zero-order valence-corrected chi connectivity index (χ0v) is 8.54. The molecular weight excluding hydrogens is 176 g/mol. The topological polar surface area (TPSA) is 18.5 Å². The minimum atomic E-state index is 0.230. The summed E-state index contributed by atoms with van der Waals surface area (Å²) in [5.74, 6) is 0.991. The summed E-state index contributed by atoms with van der Waals surface area (Å²) in [7, 11) is 0. The number of hydrogen-bond donors (Lipinski definition) is 0. The fourth-order valence-corrected chi connectivity index (χ4v) is 1.06. The highest BCUT2D eigenvalue weighted by Crippen LogP contribution is 2.21. The molecule has 74 valence electrons. The molecule has 0 saturated carbocycles. The molecule has 0 unspecified atom stereocenters. The lowest BCUT2D eigenvalue weighted by molar-refractivity contribution is 0.187. The highest BCUT2D eigenvalue weighted by molar-refractivity contribution is 5.36. The van der Waals surface area contributed by atoms with Crippen molar-refractivity contribution in [2.24, 2.45) is 0 Å². The van der Waals surface area contributed by atoms with Crippen LogP contribution < -0.4 is 4.74 Å². The lowest BCUT2D eigenvalue weighted by atomic mass is 10.1. The lowest BCUT2D eigenvalue weighted by Crippen LogP contribution is -1.96. The van der Waals surface area contributed by atoms with Crippen LogP contribution in [0.4, 0.5) is 0 Å². The van der Waals surface area contributed by atoms with Gasteiger partial charge < -0.3 is 9.47 Å². The van der Waals surface area contributed by atoms with Crippen molar-refractivity contribution >= 4 is 0 Å². The van der Waals surface area contributed by atoms with Gasteiger partial charge in [-0.05, 0) is 37.6 Å². The SMILES string of the molecule is C=COC(=C)Oc1cc(C)ccc1C. The number of rotatable bonds is 4. The van der Waals surface area contributed by atoms with Gasteiger partial charge in [0.2, 0.25) is 0 Å². The Morgan fingerprint density at radius 2 is 2.07 bits per heavy atom. The third-order valence-corrected chi connectivity index (χ3v) is 1.78. The van der Waals surface area contributed by atoms with Crippen LogP contribution in [0, 0.1) is 13.8 Å². The number of ether oxygens (including phenoxy) is 2. The highest BCUT2D eigenvalue weighted by atomic mass is 16.7. The predicted octanol–water partition coefficient (Wildman–Crippen LogP) is 3.31. The summed E-state index contributed by atoms with van der Waals surface area (Å²) in [6.45, 7) is 11.0. The second-order valence-corrected chi connectivity index (χ2v) is 3.03. The molecule has 2 nitrogen and oxygen atoms in total. The largest absolute Gasteiger partial charge is 0.435 e. The first-order chi connectivity index (χ1) is 6.63. The Hall–Kier alpha value is -1.70. The minimum absolute atomic E-state index is 0.230. The molecule has 1 rings (SSSR count). The first kappa shape index (κ1) is 10.4. The van der Waals surface area contributed by atoms with E-state index in [4.69, 9.17) is 9.47 Å². The van der Waals surface area contributed by atoms with Crippen molar-refractivity contribution in [2.45, 2.75) is 13.8 Å². The van der Waals surface area contributed by atoms with E-state index >= 15 is 0 Å². The van der Waals surface area contributed by atoms with Gasteiger partial charge in [0.15, 0.2) is 0 Å². The van der Waals surface area contributed by atoms with Gasteiger partial charge in [0.25, 0.3) is 5.95 Å². The highest BCUT2D eigenvalue weighted by Gasteiger charge is 2.02. The summed E-state index contributed by atoms with van der Waals surface area (Å²) in [6.07, 6.45) is 1.29. The number of hydrogen-bond acceptors (Lipinski definition) is 2. The molecule has 0 atom stereocenters. The van der Waals surface area contributed by atoms with Crippen LogP contribution in [-0.4, -0.2) is 0 Å². The fourth-order valence-electron chi connectivity index (χ4n) is 1.06. The molecule has 0 aliphatic heterocycles. The summed E-state index contributed by atoms with van der Waals surface area (Å²) in [4.78, 5) is 0. The molecule has 14 heavy (non-hydrogen) atoms. The van der Waals surface area contributed by atoms with Crippen molar-refractivity contribution in [1.82, 2.24) is 0 Å². The zero-order valence-electron chi connectivity index (χ0n) is 8.54. The van der Waals surface area contributed by atoms with E-state index in [1.54, 1.807) is 0 Å². The van der Waals surface area contributed by atoms with Gasteiger partial charge in [0.1, 0.15) is 5.75 Å². The summed E-state index contributed by atoms with van der Waals surface area (Å²) in [6, 6.07) is 5.96. The van der Waals surface area contributed by atoms with E-state index in [9.17, 15) is 0 Å². The van der Waals surface area contributed by atoms with E-state index in [0.717, 1.165) is 16.9 Å². The Balaban J connectivity index is 2.80. The van der Waals surface area contributed by atoms with E-state index in [1.807, 2.05) is 32.0 Å². The average Bonchev–Trinajstić information content (AvgIpc) is 2.12. The van der Waals surface area contributed by atoms with Gasteiger partial charge >= 0.3 is 0 Å². The van der Waals surface area contributed by atoms with E-state index < -0.39 is 0 Å². The minimum Gasteiger partial charge on any atom is -0.435 e. The van der Waals surface area contributed by atoms with Crippen LogP contribution in [0.5, 0.6) is 5.75 Å². The number of benzene rings is 1. The molecule has 0 aliphatic carbocycles. The van der Waals surface area contributed by atoms with Crippen molar-refractivity contribution < 1.29 is 9.47 Å². The Labute approximate surface area is 84.5 Å². The van der Waals surface area contributed by atoms with Crippen molar-refractivity contribution in [1.29, 1.82) is 0 Å². The second kappa shape index (κ2) is 4.51. The monoisotopic (exact) mass is 190 g/mol. The van der Waals surface area contributed by atoms with E-state index in [-0.39, 0.29) is 5.95 Å². The summed E-state index contributed by atoms with van der Waals surface area (Å²) in [5, 5.41) is 0. The zero-order chi connectivity index (χ0) is 10.6. The third kappa shape index (κ3) is 2.66. The Morgan fingerprint density at radius 3 is 2.71 bits per heavy atom. The van der Waals surface area contributed by atoms with Gasteiger partial charge in [-0.15, -0.1) is 0 Å². The molecule has 0 aromatic heterocycles. The first-order valence-electron chi connectivity index (χ1n) is 4.35. The Morgan fingerprint density at radius 1 is 1.36 bits per heavy atom. The molecular formula is C12H14O2. The molecule has 0 aliphatic rings. The second-order valence-electron chi connectivity index (χ2n) is 3.03. The predicted molar refractivity (Wildman–Crippen MR) is 57.0 cm³/mol. The summed E-state index contributed by atoms with van der Waals surface area (Å²) >= 11 is 0. The van der Waals surface area contributed by atoms with Gasteiger partial charge in [0.05, 0.1) is 6.26 Å². The van der Waals surface area contributed by atoms with Gasteiger partial charge in [-0.3, -0.25) is 0 Å². The standard InChI is InChI=1S/C12H14O2/c1-5-13-11(4)14-12-8-9(2)6-7-10(12)3/h5-8H,1,4H2,2-3H3. The van der Waals surface area contributed by atoms with Gasteiger partial charge in [0, 0.05) is 0 Å². The van der Waals surface area contributed by atoms with Gasteiger partial charge in [-0.2, -0.15) is 0 Å². The summed E-state index contributed by atoms with van der Waals surface area (Å²) < 4.78 is 10.3. The van der Waals surface area contributed by atoms with Crippen molar-refractivity contribution in [3.63, 3.8) is 0 Å². The smallest absolute Gasteiger partial charge is 0.282 e. The van der Waals surface area contributed by atoms with Crippen LogP contribution in [0.3, 0.4) is 0 Å². The van der Waals surface area contributed by atoms with Crippen LogP contribution in [0.2, 0.25) is 0 Å². The molecule has 0 fully saturated rings. The van der Waals surface area contributed by atoms with Crippen LogP contribution in [0.1, 0.15) is 11.1 Å². The van der Waals surface area contributed by atoms with E-state index in [1.165, 1.54) is 6.26 Å². The van der Waals surface area contributed by atoms with Gasteiger partial charge in [-0.25, -0.2) is 0 Å². The van der Waals surface area contributed by atoms with Gasteiger partial charge in [-0.1, -0.05) is 18.7 Å². The molecule has 1 aromatic rings. The molecule has 0 spiro atoms. The maximum absolute atomic E-state index is 5.38. The fraction of sp³-hybridized carbons (Fsp3) is 0.167. The van der Waals surface area contributed by atoms with Crippen LogP contribution in [0.25, 0.3) is 0 Å². The van der Waals surface area contributed by atoms with Crippen molar-refractivity contribution in [3.05, 3.63) is 54.7 Å². The molecule has 0 saturated heterocycles. The molecule has 0 bridgehead atoms. The lowest BCUT2D eigenvalue weighted by Gasteiger charge is -2.09. The molecule has 2 heteroatoms. The summed E-state index contributed by atoms with van der Waals surface area (Å²) in [5.41, 5.74) is 2.18. The molecule has 0 amide bonds. The van der Waals surface area contributed by atoms with E-state index in [0.29, 0.717) is 0 Å².